The number of nitrogens with zero attached hydrogens (tertiary/aromatic N) is 6. The number of benzene rings is 10. The van der Waals surface area contributed by atoms with Crippen molar-refractivity contribution in [2.24, 2.45) is 0 Å². The Kier molecular flexibility index (Phi) is 8.79. The summed E-state index contributed by atoms with van der Waals surface area (Å²) in [6.45, 7) is 0. The van der Waals surface area contributed by atoms with Crippen LogP contribution in [-0.2, 0) is 0 Å². The van der Waals surface area contributed by atoms with Crippen LogP contribution in [0.25, 0.3) is 128 Å². The Morgan fingerprint density at radius 2 is 0.754 bits per heavy atom. The molecule has 14 aromatic rings. The second kappa shape index (κ2) is 15.6. The normalized spacial score (nSPS) is 11.8. The van der Waals surface area contributed by atoms with Gasteiger partial charge in [0.15, 0.2) is 11.6 Å². The summed E-state index contributed by atoms with van der Waals surface area (Å²) in [5.41, 5.74) is 15.2. The molecule has 0 radical (unpaired) electrons. The lowest BCUT2D eigenvalue weighted by Crippen LogP contribution is -2.07. The van der Waals surface area contributed by atoms with E-state index in [1.54, 1.807) is 0 Å². The predicted octanol–water partition coefficient (Wildman–Crippen LogP) is 15.8. The van der Waals surface area contributed by atoms with Gasteiger partial charge in [-0.3, -0.25) is 4.57 Å². The highest BCUT2D eigenvalue weighted by Gasteiger charge is 2.25. The van der Waals surface area contributed by atoms with Gasteiger partial charge in [0, 0.05) is 54.7 Å². The van der Waals surface area contributed by atoms with Crippen molar-refractivity contribution >= 4 is 65.4 Å². The van der Waals surface area contributed by atoms with Gasteiger partial charge in [-0.2, -0.15) is 9.97 Å². The first-order valence-electron chi connectivity index (χ1n) is 23.4. The Bertz CT molecular complexity index is 4300. The zero-order chi connectivity index (χ0) is 45.4. The molecule has 0 aliphatic rings. The zero-order valence-electron chi connectivity index (χ0n) is 37.3. The highest BCUT2D eigenvalue weighted by Crippen LogP contribution is 2.44. The monoisotopic (exact) mass is 880 g/mol. The Morgan fingerprint density at radius 1 is 0.261 bits per heavy atom. The molecule has 10 aromatic carbocycles. The summed E-state index contributed by atoms with van der Waals surface area (Å²) < 4.78 is 7.07. The fourth-order valence-corrected chi connectivity index (χ4v) is 10.6. The second-order valence-electron chi connectivity index (χ2n) is 17.6. The summed E-state index contributed by atoms with van der Waals surface area (Å²) in [4.78, 5) is 16.2. The van der Waals surface area contributed by atoms with E-state index < -0.39 is 0 Å². The van der Waals surface area contributed by atoms with E-state index in [2.05, 4.69) is 238 Å². The number of hydrogen-bond donors (Lipinski definition) is 0. The van der Waals surface area contributed by atoms with E-state index in [4.69, 9.17) is 15.0 Å². The molecule has 4 aromatic heterocycles. The molecule has 0 N–H and O–H groups in total. The topological polar surface area (TPSA) is 53.5 Å². The molecule has 0 amide bonds. The maximum absolute atomic E-state index is 5.52. The summed E-state index contributed by atoms with van der Waals surface area (Å²) >= 11 is 0. The number of para-hydroxylation sites is 5. The molecule has 0 unspecified atom stereocenters. The van der Waals surface area contributed by atoms with Crippen molar-refractivity contribution in [1.29, 1.82) is 0 Å². The number of rotatable bonds is 7. The summed E-state index contributed by atoms with van der Waals surface area (Å²) in [7, 11) is 0. The highest BCUT2D eigenvalue weighted by molar-refractivity contribution is 6.24. The summed E-state index contributed by atoms with van der Waals surface area (Å²) in [5, 5.41) is 6.85. The Labute approximate surface area is 397 Å². The molecule has 0 saturated carbocycles. The third kappa shape index (κ3) is 6.16. The number of fused-ring (bicyclic) bond motifs is 10. The van der Waals surface area contributed by atoms with Crippen LogP contribution in [0.15, 0.2) is 243 Å². The standard InChI is InChI=1S/C63H40N6/c1-4-19-41(20-5-1)43-23-18-24-44(39-43)47-27-10-14-31-54(47)68-56-33-16-11-28-48(56)51-36-37-52-49-29-12-17-34-57(49)69(60(52)59(51)68)63-65-61(42-21-6-2-7-22-42)64-62(66-63)45-35-38-58-53(40-45)50-30-13-15-32-55(50)67(58)46-25-8-3-9-26-46/h1-40H. The summed E-state index contributed by atoms with van der Waals surface area (Å²) in [6.07, 6.45) is 0. The van der Waals surface area contributed by atoms with Gasteiger partial charge >= 0.3 is 0 Å². The van der Waals surface area contributed by atoms with Crippen LogP contribution < -0.4 is 0 Å². The first-order valence-corrected chi connectivity index (χ1v) is 23.4. The lowest BCUT2D eigenvalue weighted by Gasteiger charge is -2.16. The molecule has 322 valence electrons. The lowest BCUT2D eigenvalue weighted by molar-refractivity contribution is 0.953. The fourth-order valence-electron chi connectivity index (χ4n) is 10.6. The zero-order valence-corrected chi connectivity index (χ0v) is 37.3. The maximum atomic E-state index is 5.52. The minimum Gasteiger partial charge on any atom is -0.309 e. The highest BCUT2D eigenvalue weighted by atomic mass is 15.2. The largest absolute Gasteiger partial charge is 0.309 e. The Hall–Kier alpha value is -9.39. The number of hydrogen-bond acceptors (Lipinski definition) is 3. The van der Waals surface area contributed by atoms with Crippen molar-refractivity contribution in [2.75, 3.05) is 0 Å². The van der Waals surface area contributed by atoms with Crippen LogP contribution in [-0.4, -0.2) is 28.7 Å². The van der Waals surface area contributed by atoms with Crippen LogP contribution in [0.4, 0.5) is 0 Å². The van der Waals surface area contributed by atoms with Crippen molar-refractivity contribution in [3.8, 4) is 62.4 Å². The molecule has 14 rings (SSSR count). The smallest absolute Gasteiger partial charge is 0.238 e. The Morgan fingerprint density at radius 3 is 1.45 bits per heavy atom. The van der Waals surface area contributed by atoms with Crippen molar-refractivity contribution in [2.45, 2.75) is 0 Å². The SMILES string of the molecule is c1ccc(-c2cccc(-c3ccccc3-n3c4ccccc4c4ccc5c6ccccc6n(-c6nc(-c7ccccc7)nc(-c7ccc8c(c7)c7ccccc7n8-c7ccccc7)n6)c5c43)c2)cc1. The molecular formula is C63H40N6. The molecule has 0 atom stereocenters. The quantitative estimate of drug-likeness (QED) is 0.160. The van der Waals surface area contributed by atoms with Gasteiger partial charge in [-0.25, -0.2) is 4.98 Å². The number of aromatic nitrogens is 6. The minimum absolute atomic E-state index is 0.546. The van der Waals surface area contributed by atoms with Gasteiger partial charge < -0.3 is 9.13 Å². The molecule has 0 spiro atoms. The minimum atomic E-state index is 0.546. The average molecular weight is 881 g/mol. The lowest BCUT2D eigenvalue weighted by atomic mass is 9.98. The van der Waals surface area contributed by atoms with E-state index in [0.717, 1.165) is 88.3 Å². The Balaban J connectivity index is 1.06. The van der Waals surface area contributed by atoms with Crippen molar-refractivity contribution in [3.05, 3.63) is 243 Å². The van der Waals surface area contributed by atoms with Gasteiger partial charge in [0.05, 0.1) is 38.8 Å². The summed E-state index contributed by atoms with van der Waals surface area (Å²) in [5.74, 6) is 1.74. The van der Waals surface area contributed by atoms with E-state index in [1.165, 1.54) is 21.9 Å². The van der Waals surface area contributed by atoms with Gasteiger partial charge in [0.2, 0.25) is 5.95 Å². The maximum Gasteiger partial charge on any atom is 0.238 e. The van der Waals surface area contributed by atoms with Crippen molar-refractivity contribution < 1.29 is 0 Å². The molecule has 0 fully saturated rings. The predicted molar refractivity (Wildman–Crippen MR) is 285 cm³/mol. The van der Waals surface area contributed by atoms with Crippen LogP contribution >= 0.6 is 0 Å². The van der Waals surface area contributed by atoms with Crippen molar-refractivity contribution in [1.82, 2.24) is 28.7 Å². The van der Waals surface area contributed by atoms with Crippen LogP contribution in [0, 0.1) is 0 Å². The van der Waals surface area contributed by atoms with E-state index in [0.29, 0.717) is 17.6 Å². The van der Waals surface area contributed by atoms with Crippen LogP contribution in [0.3, 0.4) is 0 Å². The van der Waals surface area contributed by atoms with E-state index in [9.17, 15) is 0 Å². The average Bonchev–Trinajstić information content (AvgIpc) is 4.07. The second-order valence-corrected chi connectivity index (χ2v) is 17.6. The van der Waals surface area contributed by atoms with Gasteiger partial charge in [0.1, 0.15) is 0 Å². The molecule has 0 aliphatic heterocycles. The van der Waals surface area contributed by atoms with Crippen molar-refractivity contribution in [3.63, 3.8) is 0 Å². The molecule has 0 bridgehead atoms. The van der Waals surface area contributed by atoms with E-state index in [-0.39, 0.29) is 0 Å². The van der Waals surface area contributed by atoms with Crippen LogP contribution in [0.2, 0.25) is 0 Å². The van der Waals surface area contributed by atoms with Gasteiger partial charge in [0.25, 0.3) is 0 Å². The van der Waals surface area contributed by atoms with E-state index in [1.807, 2.05) is 18.2 Å². The van der Waals surface area contributed by atoms with Crippen LogP contribution in [0.1, 0.15) is 0 Å². The fraction of sp³-hybridized carbons (Fsp3) is 0. The first kappa shape index (κ1) is 38.8. The third-order valence-corrected chi connectivity index (χ3v) is 13.7. The van der Waals surface area contributed by atoms with Crippen LogP contribution in [0.5, 0.6) is 0 Å². The van der Waals surface area contributed by atoms with Gasteiger partial charge in [-0.1, -0.05) is 182 Å². The van der Waals surface area contributed by atoms with E-state index >= 15 is 0 Å². The summed E-state index contributed by atoms with van der Waals surface area (Å²) in [6, 6.07) is 86.3. The molecule has 0 aliphatic carbocycles. The first-order chi connectivity index (χ1) is 34.2. The molecular weight excluding hydrogens is 841 g/mol. The molecule has 6 heteroatoms. The van der Waals surface area contributed by atoms with Gasteiger partial charge in [-0.15, -0.1) is 0 Å². The molecule has 4 heterocycles. The van der Waals surface area contributed by atoms with Gasteiger partial charge in [-0.05, 0) is 77.4 Å². The molecule has 69 heavy (non-hydrogen) atoms. The molecule has 0 saturated heterocycles. The third-order valence-electron chi connectivity index (χ3n) is 13.7. The molecule has 6 nitrogen and oxygen atoms in total.